The minimum Gasteiger partial charge on any atom is -0.406 e. The van der Waals surface area contributed by atoms with Crippen molar-refractivity contribution in [2.24, 2.45) is 0 Å². The lowest BCUT2D eigenvalue weighted by molar-refractivity contribution is 0.183. The lowest BCUT2D eigenvalue weighted by atomic mass is 10.2. The van der Waals surface area contributed by atoms with Crippen molar-refractivity contribution >= 4 is 6.01 Å². The molecule has 0 bridgehead atoms. The van der Waals surface area contributed by atoms with Gasteiger partial charge in [-0.25, -0.2) is 0 Å². The maximum atomic E-state index is 5.46. The third-order valence-corrected chi connectivity index (χ3v) is 2.43. The number of ether oxygens (including phenoxy) is 1. The fourth-order valence-electron chi connectivity index (χ4n) is 1.23. The van der Waals surface area contributed by atoms with Gasteiger partial charge in [0.15, 0.2) is 0 Å². The van der Waals surface area contributed by atoms with Crippen LogP contribution in [0.1, 0.15) is 32.2 Å². The highest BCUT2D eigenvalue weighted by atomic mass is 16.5. The summed E-state index contributed by atoms with van der Waals surface area (Å²) in [5, 5.41) is 14.1. The van der Waals surface area contributed by atoms with Gasteiger partial charge >= 0.3 is 6.01 Å². The summed E-state index contributed by atoms with van der Waals surface area (Å²) in [6, 6.07) is 0.703. The van der Waals surface area contributed by atoms with E-state index in [9.17, 15) is 0 Å². The van der Waals surface area contributed by atoms with Crippen LogP contribution in [0.25, 0.3) is 0 Å². The van der Waals surface area contributed by atoms with Crippen LogP contribution in [0.15, 0.2) is 4.42 Å². The Labute approximate surface area is 95.8 Å². The number of aromatic nitrogens is 2. The van der Waals surface area contributed by atoms with Gasteiger partial charge in [-0.15, -0.1) is 5.10 Å². The fraction of sp³-hybridized carbons (Fsp3) is 0.800. The van der Waals surface area contributed by atoms with Crippen molar-refractivity contribution in [3.63, 3.8) is 0 Å². The average molecular weight is 228 g/mol. The van der Waals surface area contributed by atoms with E-state index in [-0.39, 0.29) is 12.1 Å². The van der Waals surface area contributed by atoms with Gasteiger partial charge < -0.3 is 19.8 Å². The second-order valence-corrected chi connectivity index (χ2v) is 3.66. The predicted molar refractivity (Wildman–Crippen MR) is 61.4 cm³/mol. The van der Waals surface area contributed by atoms with E-state index in [1.165, 1.54) is 0 Å². The molecule has 0 saturated heterocycles. The largest absolute Gasteiger partial charge is 0.406 e. The minimum atomic E-state index is 0.0607. The van der Waals surface area contributed by atoms with Crippen LogP contribution in [-0.4, -0.2) is 37.0 Å². The van der Waals surface area contributed by atoms with Crippen LogP contribution in [0.5, 0.6) is 0 Å². The summed E-state index contributed by atoms with van der Waals surface area (Å²) in [7, 11) is 3.52. The van der Waals surface area contributed by atoms with Crippen molar-refractivity contribution in [1.29, 1.82) is 0 Å². The molecule has 0 fully saturated rings. The zero-order valence-corrected chi connectivity index (χ0v) is 10.3. The monoisotopic (exact) mass is 228 g/mol. The van der Waals surface area contributed by atoms with E-state index in [1.807, 2.05) is 14.0 Å². The Morgan fingerprint density at radius 3 is 2.75 bits per heavy atom. The molecule has 6 heteroatoms. The van der Waals surface area contributed by atoms with E-state index in [0.717, 1.165) is 6.42 Å². The Kier molecular flexibility index (Phi) is 5.21. The van der Waals surface area contributed by atoms with E-state index < -0.39 is 0 Å². The van der Waals surface area contributed by atoms with Crippen molar-refractivity contribution in [3.8, 4) is 0 Å². The van der Waals surface area contributed by atoms with Crippen LogP contribution in [0.2, 0.25) is 0 Å². The summed E-state index contributed by atoms with van der Waals surface area (Å²) in [6.07, 6.45) is 0.938. The van der Waals surface area contributed by atoms with Gasteiger partial charge in [-0.1, -0.05) is 12.0 Å². The first kappa shape index (κ1) is 12.9. The zero-order chi connectivity index (χ0) is 12.0. The normalized spacial score (nSPS) is 14.8. The van der Waals surface area contributed by atoms with Crippen LogP contribution < -0.4 is 10.6 Å². The summed E-state index contributed by atoms with van der Waals surface area (Å²) in [4.78, 5) is 0. The molecule has 0 aliphatic heterocycles. The first-order valence-corrected chi connectivity index (χ1v) is 5.47. The number of nitrogens with zero attached hydrogens (tertiary/aromatic N) is 2. The van der Waals surface area contributed by atoms with Gasteiger partial charge in [0, 0.05) is 7.11 Å². The molecule has 1 aromatic heterocycles. The Morgan fingerprint density at radius 2 is 2.19 bits per heavy atom. The molecule has 1 rings (SSSR count). The van der Waals surface area contributed by atoms with Gasteiger partial charge in [0.25, 0.3) is 0 Å². The molecule has 0 aromatic carbocycles. The topological polar surface area (TPSA) is 72.2 Å². The van der Waals surface area contributed by atoms with Gasteiger partial charge in [0.05, 0.1) is 18.7 Å². The first-order chi connectivity index (χ1) is 7.71. The van der Waals surface area contributed by atoms with Crippen LogP contribution in [0.3, 0.4) is 0 Å². The molecule has 2 unspecified atom stereocenters. The standard InChI is InChI=1S/C10H20N4O2/c1-5-8(6-15-4)12-10-14-13-9(16-10)7(2)11-3/h7-8,11H,5-6H2,1-4H3,(H,12,14). The van der Waals surface area contributed by atoms with Crippen LogP contribution >= 0.6 is 0 Å². The molecular weight excluding hydrogens is 208 g/mol. The molecule has 0 aliphatic rings. The molecule has 0 saturated carbocycles. The third kappa shape index (κ3) is 3.46. The van der Waals surface area contributed by atoms with E-state index in [0.29, 0.717) is 18.5 Å². The Hall–Kier alpha value is -1.14. The Morgan fingerprint density at radius 1 is 1.44 bits per heavy atom. The maximum absolute atomic E-state index is 5.46. The molecule has 2 N–H and O–H groups in total. The minimum absolute atomic E-state index is 0.0607. The van der Waals surface area contributed by atoms with Crippen molar-refractivity contribution in [1.82, 2.24) is 15.5 Å². The van der Waals surface area contributed by atoms with Crippen molar-refractivity contribution in [2.75, 3.05) is 26.1 Å². The number of rotatable bonds is 7. The van der Waals surface area contributed by atoms with Crippen molar-refractivity contribution in [3.05, 3.63) is 5.89 Å². The predicted octanol–water partition coefficient (Wildman–Crippen LogP) is 1.19. The second kappa shape index (κ2) is 6.44. The SMILES string of the molecule is CCC(COC)Nc1nnc(C(C)NC)o1. The van der Waals surface area contributed by atoms with E-state index >= 15 is 0 Å². The lowest BCUT2D eigenvalue weighted by Gasteiger charge is -2.13. The highest BCUT2D eigenvalue weighted by Gasteiger charge is 2.14. The number of anilines is 1. The molecule has 6 nitrogen and oxygen atoms in total. The molecule has 92 valence electrons. The quantitative estimate of drug-likeness (QED) is 0.730. The lowest BCUT2D eigenvalue weighted by Crippen LogP contribution is -2.24. The smallest absolute Gasteiger partial charge is 0.315 e. The van der Waals surface area contributed by atoms with Gasteiger partial charge in [-0.05, 0) is 20.4 Å². The molecular formula is C10H20N4O2. The van der Waals surface area contributed by atoms with Crippen LogP contribution in [0, 0.1) is 0 Å². The highest BCUT2D eigenvalue weighted by Crippen LogP contribution is 2.14. The number of nitrogens with one attached hydrogen (secondary N) is 2. The van der Waals surface area contributed by atoms with Gasteiger partial charge in [0.1, 0.15) is 0 Å². The Balaban J connectivity index is 2.56. The number of hydrogen-bond acceptors (Lipinski definition) is 6. The summed E-state index contributed by atoms with van der Waals surface area (Å²) in [6.45, 7) is 4.66. The Bertz CT molecular complexity index is 303. The molecule has 1 aromatic rings. The summed E-state index contributed by atoms with van der Waals surface area (Å²) >= 11 is 0. The molecule has 2 atom stereocenters. The molecule has 1 heterocycles. The third-order valence-electron chi connectivity index (χ3n) is 2.43. The fourth-order valence-corrected chi connectivity index (χ4v) is 1.23. The average Bonchev–Trinajstić information content (AvgIpc) is 2.76. The second-order valence-electron chi connectivity index (χ2n) is 3.66. The summed E-state index contributed by atoms with van der Waals surface area (Å²) in [5.41, 5.74) is 0. The molecule has 0 aliphatic carbocycles. The maximum Gasteiger partial charge on any atom is 0.315 e. The highest BCUT2D eigenvalue weighted by molar-refractivity contribution is 5.19. The summed E-state index contributed by atoms with van der Waals surface area (Å²) in [5.74, 6) is 0.581. The molecule has 0 amide bonds. The molecule has 0 radical (unpaired) electrons. The van der Waals surface area contributed by atoms with Gasteiger partial charge in [-0.2, -0.15) is 0 Å². The van der Waals surface area contributed by atoms with E-state index in [1.54, 1.807) is 7.11 Å². The number of hydrogen-bond donors (Lipinski definition) is 2. The number of methoxy groups -OCH3 is 1. The van der Waals surface area contributed by atoms with Crippen LogP contribution in [-0.2, 0) is 4.74 Å². The summed E-state index contributed by atoms with van der Waals surface area (Å²) < 4.78 is 10.5. The zero-order valence-electron chi connectivity index (χ0n) is 10.3. The van der Waals surface area contributed by atoms with E-state index in [4.69, 9.17) is 9.15 Å². The van der Waals surface area contributed by atoms with Gasteiger partial charge in [0.2, 0.25) is 5.89 Å². The molecule has 0 spiro atoms. The van der Waals surface area contributed by atoms with Crippen LogP contribution in [0.4, 0.5) is 6.01 Å². The van der Waals surface area contributed by atoms with Crippen molar-refractivity contribution in [2.45, 2.75) is 32.4 Å². The molecule has 16 heavy (non-hydrogen) atoms. The van der Waals surface area contributed by atoms with E-state index in [2.05, 4.69) is 27.8 Å². The van der Waals surface area contributed by atoms with Crippen molar-refractivity contribution < 1.29 is 9.15 Å². The first-order valence-electron chi connectivity index (χ1n) is 5.47. The van der Waals surface area contributed by atoms with Gasteiger partial charge in [-0.3, -0.25) is 0 Å².